The fourth-order valence-electron chi connectivity index (χ4n) is 3.69. The Morgan fingerprint density at radius 1 is 0.700 bits per heavy atom. The van der Waals surface area contributed by atoms with E-state index >= 15 is 0 Å². The van der Waals surface area contributed by atoms with Gasteiger partial charge in [0.25, 0.3) is 0 Å². The van der Waals surface area contributed by atoms with Gasteiger partial charge in [0, 0.05) is 22.5 Å². The van der Waals surface area contributed by atoms with Gasteiger partial charge in [-0.05, 0) is 28.8 Å². The smallest absolute Gasteiger partial charge is 0.143 e. The third-order valence-corrected chi connectivity index (χ3v) is 6.15. The first-order valence-corrected chi connectivity index (χ1v) is 11.0. The van der Waals surface area contributed by atoms with Crippen LogP contribution in [0.25, 0.3) is 0 Å². The first-order valence-electron chi connectivity index (χ1n) is 10.2. The summed E-state index contributed by atoms with van der Waals surface area (Å²) in [4.78, 5) is 5.31. The fraction of sp³-hybridized carbons (Fsp3) is 0.148. The van der Waals surface area contributed by atoms with Gasteiger partial charge in [0.05, 0.1) is 6.61 Å². The molecule has 2 nitrogen and oxygen atoms in total. The van der Waals surface area contributed by atoms with Crippen molar-refractivity contribution >= 4 is 11.8 Å². The molecule has 0 fully saturated rings. The molecule has 1 atom stereocenters. The molecule has 1 unspecified atom stereocenters. The molecular formula is C27H25NOS. The number of hydrogen-bond donors (Lipinski definition) is 0. The van der Waals surface area contributed by atoms with Crippen LogP contribution in [0.4, 0.5) is 0 Å². The van der Waals surface area contributed by atoms with Gasteiger partial charge >= 0.3 is 0 Å². The van der Waals surface area contributed by atoms with Gasteiger partial charge in [-0.25, -0.2) is 0 Å². The molecule has 4 aromatic rings. The Kier molecular flexibility index (Phi) is 6.63. The van der Waals surface area contributed by atoms with Crippen LogP contribution in [0.5, 0.6) is 0 Å². The van der Waals surface area contributed by atoms with Crippen LogP contribution >= 0.6 is 11.8 Å². The monoisotopic (exact) mass is 411 g/mol. The van der Waals surface area contributed by atoms with E-state index in [1.165, 1.54) is 4.90 Å². The van der Waals surface area contributed by atoms with Crippen molar-refractivity contribution in [2.75, 3.05) is 6.61 Å². The van der Waals surface area contributed by atoms with Gasteiger partial charge in [0.15, 0.2) is 0 Å². The molecule has 0 aliphatic rings. The minimum Gasteiger partial charge on any atom is -0.360 e. The number of thioether (sulfide) groups is 1. The maximum atomic E-state index is 6.89. The highest BCUT2D eigenvalue weighted by Gasteiger charge is 2.37. The fourth-order valence-corrected chi connectivity index (χ4v) is 4.57. The van der Waals surface area contributed by atoms with Gasteiger partial charge in [-0.15, -0.1) is 11.8 Å². The Bertz CT molecular complexity index is 927. The Hall–Kier alpha value is -2.88. The van der Waals surface area contributed by atoms with Crippen LogP contribution in [-0.2, 0) is 10.3 Å². The van der Waals surface area contributed by atoms with E-state index in [0.29, 0.717) is 6.61 Å². The van der Waals surface area contributed by atoms with Crippen molar-refractivity contribution in [3.8, 4) is 0 Å². The van der Waals surface area contributed by atoms with Crippen LogP contribution in [0.3, 0.4) is 0 Å². The van der Waals surface area contributed by atoms with E-state index in [2.05, 4.69) is 84.7 Å². The summed E-state index contributed by atoms with van der Waals surface area (Å²) in [6, 6.07) is 35.6. The molecule has 1 heterocycles. The molecule has 0 N–H and O–H groups in total. The Balaban J connectivity index is 1.73. The highest BCUT2D eigenvalue weighted by atomic mass is 32.2. The highest BCUT2D eigenvalue weighted by Crippen LogP contribution is 2.41. The van der Waals surface area contributed by atoms with Gasteiger partial charge in [-0.3, -0.25) is 4.98 Å². The third-order valence-electron chi connectivity index (χ3n) is 5.06. The van der Waals surface area contributed by atoms with E-state index in [4.69, 9.17) is 4.74 Å². The first kappa shape index (κ1) is 20.4. The first-order chi connectivity index (χ1) is 14.8. The van der Waals surface area contributed by atoms with Crippen molar-refractivity contribution in [2.45, 2.75) is 22.7 Å². The Morgan fingerprint density at radius 3 is 1.57 bits per heavy atom. The van der Waals surface area contributed by atoms with Crippen molar-refractivity contribution < 1.29 is 4.74 Å². The van der Waals surface area contributed by atoms with Crippen molar-refractivity contribution in [1.29, 1.82) is 0 Å². The van der Waals surface area contributed by atoms with Crippen LogP contribution in [-0.4, -0.2) is 16.8 Å². The van der Waals surface area contributed by atoms with E-state index in [1.54, 1.807) is 11.8 Å². The Labute approximate surface area is 183 Å². The number of ether oxygens (including phenoxy) is 1. The maximum absolute atomic E-state index is 6.89. The lowest BCUT2D eigenvalue weighted by atomic mass is 9.80. The second-order valence-corrected chi connectivity index (χ2v) is 8.71. The summed E-state index contributed by atoms with van der Waals surface area (Å²) >= 11 is 1.80. The molecule has 0 radical (unpaired) electrons. The van der Waals surface area contributed by atoms with Crippen LogP contribution in [0, 0.1) is 0 Å². The van der Waals surface area contributed by atoms with Crippen LogP contribution in [0.1, 0.15) is 23.6 Å². The van der Waals surface area contributed by atoms with E-state index in [9.17, 15) is 0 Å². The molecule has 0 spiro atoms. The van der Waals surface area contributed by atoms with Gasteiger partial charge in [-0.1, -0.05) is 97.9 Å². The van der Waals surface area contributed by atoms with E-state index in [-0.39, 0.29) is 5.25 Å². The summed E-state index contributed by atoms with van der Waals surface area (Å²) in [6.07, 6.45) is 3.66. The second-order valence-electron chi connectivity index (χ2n) is 7.20. The molecular weight excluding hydrogens is 386 g/mol. The van der Waals surface area contributed by atoms with E-state index < -0.39 is 5.60 Å². The van der Waals surface area contributed by atoms with Crippen LogP contribution < -0.4 is 0 Å². The topological polar surface area (TPSA) is 22.1 Å². The summed E-state index contributed by atoms with van der Waals surface area (Å²) in [5, 5.41) is 0.280. The molecule has 3 heteroatoms. The third kappa shape index (κ3) is 4.48. The standard InChI is InChI=1S/C27H25NOS/c1-22(30-26-17-19-28-20-18-26)21-29-27(23-11-5-2-6-12-23,24-13-7-3-8-14-24)25-15-9-4-10-16-25/h2-20,22H,21H2,1H3. The summed E-state index contributed by atoms with van der Waals surface area (Å²) < 4.78 is 6.89. The molecule has 4 rings (SSSR count). The minimum atomic E-state index is -0.670. The number of aromatic nitrogens is 1. The lowest BCUT2D eigenvalue weighted by Gasteiger charge is -2.36. The van der Waals surface area contributed by atoms with Crippen molar-refractivity contribution in [3.63, 3.8) is 0 Å². The van der Waals surface area contributed by atoms with Gasteiger partial charge < -0.3 is 4.74 Å². The number of rotatable bonds is 8. The average Bonchev–Trinajstić information content (AvgIpc) is 2.82. The highest BCUT2D eigenvalue weighted by molar-refractivity contribution is 8.00. The molecule has 30 heavy (non-hydrogen) atoms. The zero-order valence-corrected chi connectivity index (χ0v) is 17.8. The number of pyridine rings is 1. The largest absolute Gasteiger partial charge is 0.360 e. The zero-order chi connectivity index (χ0) is 20.7. The second kappa shape index (κ2) is 9.75. The molecule has 1 aromatic heterocycles. The molecule has 0 aliphatic carbocycles. The summed E-state index contributed by atoms with van der Waals surface area (Å²) in [7, 11) is 0. The van der Waals surface area contributed by atoms with Crippen molar-refractivity contribution in [1.82, 2.24) is 4.98 Å². The SMILES string of the molecule is CC(COC(c1ccccc1)(c1ccccc1)c1ccccc1)Sc1ccncc1. The van der Waals surface area contributed by atoms with Gasteiger partial charge in [0.1, 0.15) is 5.60 Å². The molecule has 0 aliphatic heterocycles. The molecule has 0 amide bonds. The molecule has 0 saturated carbocycles. The predicted octanol–water partition coefficient (Wildman–Crippen LogP) is 6.57. The quantitative estimate of drug-likeness (QED) is 0.242. The summed E-state index contributed by atoms with van der Waals surface area (Å²) in [5.74, 6) is 0. The van der Waals surface area contributed by atoms with Crippen molar-refractivity contribution in [3.05, 3.63) is 132 Å². The number of nitrogens with zero attached hydrogens (tertiary/aromatic N) is 1. The summed E-state index contributed by atoms with van der Waals surface area (Å²) in [6.45, 7) is 2.81. The molecule has 150 valence electrons. The number of hydrogen-bond acceptors (Lipinski definition) is 3. The minimum absolute atomic E-state index is 0.280. The van der Waals surface area contributed by atoms with Crippen LogP contribution in [0.15, 0.2) is 120 Å². The lowest BCUT2D eigenvalue weighted by molar-refractivity contribution is 0.0154. The Morgan fingerprint density at radius 2 is 1.13 bits per heavy atom. The normalized spacial score (nSPS) is 12.4. The van der Waals surface area contributed by atoms with Crippen molar-refractivity contribution in [2.24, 2.45) is 0 Å². The average molecular weight is 412 g/mol. The van der Waals surface area contributed by atoms with Gasteiger partial charge in [0.2, 0.25) is 0 Å². The number of benzene rings is 3. The molecule has 3 aromatic carbocycles. The van der Waals surface area contributed by atoms with E-state index in [0.717, 1.165) is 16.7 Å². The van der Waals surface area contributed by atoms with Gasteiger partial charge in [-0.2, -0.15) is 0 Å². The molecule has 0 bridgehead atoms. The predicted molar refractivity (Wildman–Crippen MR) is 125 cm³/mol. The van der Waals surface area contributed by atoms with E-state index in [1.807, 2.05) is 42.7 Å². The van der Waals surface area contributed by atoms with Crippen LogP contribution in [0.2, 0.25) is 0 Å². The summed E-state index contributed by atoms with van der Waals surface area (Å²) in [5.41, 5.74) is 2.71. The zero-order valence-electron chi connectivity index (χ0n) is 17.0. The molecule has 0 saturated heterocycles. The lowest BCUT2D eigenvalue weighted by Crippen LogP contribution is -2.34. The maximum Gasteiger partial charge on any atom is 0.143 e.